The van der Waals surface area contributed by atoms with Gasteiger partial charge < -0.3 is 10.2 Å². The predicted molar refractivity (Wildman–Crippen MR) is 110 cm³/mol. The van der Waals surface area contributed by atoms with E-state index in [9.17, 15) is 18.0 Å². The van der Waals surface area contributed by atoms with Crippen molar-refractivity contribution in [2.75, 3.05) is 20.1 Å². The standard InChI is InChI=1S/C22H24F3N5O/c1-14(26-2)16-7-8-19-27-28-20(30(19)13-16)21(31)29-11-9-15(10-12-29)17-5-3-4-6-18(17)22(23,24)25/h3-8,13-15,26H,9-12H2,1-2H3. The summed E-state index contributed by atoms with van der Waals surface area (Å²) < 4.78 is 41.8. The third-order valence-electron chi connectivity index (χ3n) is 6.04. The lowest BCUT2D eigenvalue weighted by atomic mass is 9.86. The first-order valence-corrected chi connectivity index (χ1v) is 10.3. The normalized spacial score (nSPS) is 16.6. The molecule has 164 valence electrons. The summed E-state index contributed by atoms with van der Waals surface area (Å²) in [5, 5.41) is 11.3. The van der Waals surface area contributed by atoms with E-state index >= 15 is 0 Å². The Morgan fingerprint density at radius 3 is 2.52 bits per heavy atom. The molecule has 1 aliphatic heterocycles. The van der Waals surface area contributed by atoms with Gasteiger partial charge in [-0.15, -0.1) is 10.2 Å². The second kappa shape index (κ2) is 8.30. The summed E-state index contributed by atoms with van der Waals surface area (Å²) in [6.07, 6.45) is -1.60. The van der Waals surface area contributed by atoms with Crippen LogP contribution in [-0.4, -0.2) is 45.5 Å². The van der Waals surface area contributed by atoms with Gasteiger partial charge in [0.1, 0.15) is 0 Å². The van der Waals surface area contributed by atoms with E-state index in [0.717, 1.165) is 11.6 Å². The largest absolute Gasteiger partial charge is 0.416 e. The molecule has 1 N–H and O–H groups in total. The molecule has 1 aromatic carbocycles. The maximum Gasteiger partial charge on any atom is 0.416 e. The minimum absolute atomic E-state index is 0.0965. The van der Waals surface area contributed by atoms with Crippen molar-refractivity contribution in [3.63, 3.8) is 0 Å². The molecule has 0 bridgehead atoms. The van der Waals surface area contributed by atoms with E-state index < -0.39 is 11.7 Å². The Labute approximate surface area is 178 Å². The van der Waals surface area contributed by atoms with Crippen molar-refractivity contribution in [3.05, 3.63) is 65.1 Å². The van der Waals surface area contributed by atoms with E-state index in [-0.39, 0.29) is 23.7 Å². The van der Waals surface area contributed by atoms with Gasteiger partial charge >= 0.3 is 6.18 Å². The number of nitrogens with zero attached hydrogens (tertiary/aromatic N) is 4. The number of halogens is 3. The van der Waals surface area contributed by atoms with Crippen molar-refractivity contribution in [2.45, 2.75) is 37.9 Å². The molecule has 3 heterocycles. The molecule has 1 aliphatic rings. The molecule has 0 saturated carbocycles. The molecule has 4 rings (SSSR count). The number of hydrogen-bond donors (Lipinski definition) is 1. The Kier molecular flexibility index (Phi) is 5.70. The molecule has 2 aromatic heterocycles. The second-order valence-electron chi connectivity index (χ2n) is 7.88. The first-order valence-electron chi connectivity index (χ1n) is 10.3. The maximum absolute atomic E-state index is 13.4. The minimum atomic E-state index is -4.38. The van der Waals surface area contributed by atoms with Gasteiger partial charge in [0.05, 0.1) is 5.56 Å². The summed E-state index contributed by atoms with van der Waals surface area (Å²) in [6.45, 7) is 2.75. The minimum Gasteiger partial charge on any atom is -0.336 e. The highest BCUT2D eigenvalue weighted by Crippen LogP contribution is 2.38. The zero-order chi connectivity index (χ0) is 22.2. The number of fused-ring (bicyclic) bond motifs is 1. The zero-order valence-corrected chi connectivity index (χ0v) is 17.4. The Hall–Kier alpha value is -2.94. The molecule has 9 heteroatoms. The number of likely N-dealkylation sites (tertiary alicyclic amines) is 1. The fraction of sp³-hybridized carbons (Fsp3) is 0.409. The van der Waals surface area contributed by atoms with Gasteiger partial charge in [0, 0.05) is 25.3 Å². The van der Waals surface area contributed by atoms with Crippen LogP contribution >= 0.6 is 0 Å². The summed E-state index contributed by atoms with van der Waals surface area (Å²) in [6, 6.07) is 9.55. The van der Waals surface area contributed by atoms with E-state index in [4.69, 9.17) is 0 Å². The van der Waals surface area contributed by atoms with E-state index in [2.05, 4.69) is 15.5 Å². The number of amides is 1. The number of rotatable bonds is 4. The summed E-state index contributed by atoms with van der Waals surface area (Å²) in [7, 11) is 1.86. The van der Waals surface area contributed by atoms with Crippen LogP contribution in [-0.2, 0) is 6.18 Å². The van der Waals surface area contributed by atoms with Crippen molar-refractivity contribution in [2.24, 2.45) is 0 Å². The van der Waals surface area contributed by atoms with E-state index in [0.29, 0.717) is 37.1 Å². The number of nitrogens with one attached hydrogen (secondary N) is 1. The van der Waals surface area contributed by atoms with Gasteiger partial charge in [0.15, 0.2) is 5.65 Å². The maximum atomic E-state index is 13.4. The lowest BCUT2D eigenvalue weighted by Gasteiger charge is -2.32. The highest BCUT2D eigenvalue weighted by atomic mass is 19.4. The molecule has 0 aliphatic carbocycles. The van der Waals surface area contributed by atoms with Gasteiger partial charge in [-0.1, -0.05) is 24.3 Å². The van der Waals surface area contributed by atoms with E-state index in [1.165, 1.54) is 6.07 Å². The van der Waals surface area contributed by atoms with Gasteiger partial charge in [-0.05, 0) is 56.0 Å². The molecular formula is C22H24F3N5O. The second-order valence-corrected chi connectivity index (χ2v) is 7.88. The van der Waals surface area contributed by atoms with Gasteiger partial charge in [-0.2, -0.15) is 13.2 Å². The van der Waals surface area contributed by atoms with Crippen LogP contribution in [0.4, 0.5) is 13.2 Å². The third-order valence-corrected chi connectivity index (χ3v) is 6.04. The topological polar surface area (TPSA) is 62.5 Å². The number of aromatic nitrogens is 3. The van der Waals surface area contributed by atoms with Crippen molar-refractivity contribution in [3.8, 4) is 0 Å². The quantitative estimate of drug-likeness (QED) is 0.677. The van der Waals surface area contributed by atoms with Crippen LogP contribution < -0.4 is 5.32 Å². The van der Waals surface area contributed by atoms with Gasteiger partial charge in [-0.25, -0.2) is 0 Å². The highest BCUT2D eigenvalue weighted by molar-refractivity contribution is 5.91. The Morgan fingerprint density at radius 2 is 1.84 bits per heavy atom. The average Bonchev–Trinajstić information content (AvgIpc) is 3.21. The molecular weight excluding hydrogens is 407 g/mol. The van der Waals surface area contributed by atoms with Crippen LogP contribution in [0.15, 0.2) is 42.6 Å². The molecule has 1 amide bonds. The number of piperidine rings is 1. The molecule has 31 heavy (non-hydrogen) atoms. The zero-order valence-electron chi connectivity index (χ0n) is 17.4. The van der Waals surface area contributed by atoms with Crippen LogP contribution in [0.2, 0.25) is 0 Å². The van der Waals surface area contributed by atoms with Crippen LogP contribution in [0.5, 0.6) is 0 Å². The Bertz CT molecular complexity index is 1090. The van der Waals surface area contributed by atoms with Crippen LogP contribution in [0, 0.1) is 0 Å². The molecule has 0 radical (unpaired) electrons. The van der Waals surface area contributed by atoms with Crippen LogP contribution in [0.3, 0.4) is 0 Å². The Balaban J connectivity index is 1.52. The number of pyridine rings is 1. The fourth-order valence-electron chi connectivity index (χ4n) is 4.12. The van der Waals surface area contributed by atoms with Gasteiger partial charge in [0.25, 0.3) is 5.91 Å². The number of benzene rings is 1. The lowest BCUT2D eigenvalue weighted by molar-refractivity contribution is -0.138. The summed E-state index contributed by atoms with van der Waals surface area (Å²) in [4.78, 5) is 14.8. The SMILES string of the molecule is CNC(C)c1ccc2nnc(C(=O)N3CCC(c4ccccc4C(F)(F)F)CC3)n2c1. The predicted octanol–water partition coefficient (Wildman–Crippen LogP) is 4.05. The van der Waals surface area contributed by atoms with Crippen molar-refractivity contribution >= 4 is 11.6 Å². The highest BCUT2D eigenvalue weighted by Gasteiger charge is 2.36. The van der Waals surface area contributed by atoms with Crippen molar-refractivity contribution < 1.29 is 18.0 Å². The Morgan fingerprint density at radius 1 is 1.13 bits per heavy atom. The number of carbonyl (C=O) groups is 1. The summed E-state index contributed by atoms with van der Waals surface area (Å²) >= 11 is 0. The molecule has 0 spiro atoms. The summed E-state index contributed by atoms with van der Waals surface area (Å²) in [5.41, 5.74) is 1.28. The number of carbonyl (C=O) groups excluding carboxylic acids is 1. The van der Waals surface area contributed by atoms with E-state index in [1.807, 2.05) is 32.3 Å². The number of alkyl halides is 3. The van der Waals surface area contributed by atoms with E-state index in [1.54, 1.807) is 21.4 Å². The van der Waals surface area contributed by atoms with Crippen LogP contribution in [0.1, 0.15) is 59.0 Å². The average molecular weight is 431 g/mol. The lowest BCUT2D eigenvalue weighted by Crippen LogP contribution is -2.39. The van der Waals surface area contributed by atoms with Gasteiger partial charge in [-0.3, -0.25) is 9.20 Å². The van der Waals surface area contributed by atoms with Gasteiger partial charge in [0.2, 0.25) is 5.82 Å². The third kappa shape index (κ3) is 4.14. The molecule has 1 fully saturated rings. The first kappa shape index (κ1) is 21.3. The van der Waals surface area contributed by atoms with Crippen molar-refractivity contribution in [1.29, 1.82) is 0 Å². The van der Waals surface area contributed by atoms with Crippen LogP contribution in [0.25, 0.3) is 5.65 Å². The molecule has 1 saturated heterocycles. The molecule has 1 unspecified atom stereocenters. The molecule has 6 nitrogen and oxygen atoms in total. The first-order chi connectivity index (χ1) is 14.8. The molecule has 1 atom stereocenters. The fourth-order valence-corrected chi connectivity index (χ4v) is 4.12. The molecule has 3 aromatic rings. The smallest absolute Gasteiger partial charge is 0.336 e. The monoisotopic (exact) mass is 431 g/mol. The summed E-state index contributed by atoms with van der Waals surface area (Å²) in [5.74, 6) is -0.279. The number of hydrogen-bond acceptors (Lipinski definition) is 4. The van der Waals surface area contributed by atoms with Crippen molar-refractivity contribution in [1.82, 2.24) is 24.8 Å².